The number of amides is 2. The number of fused-ring (bicyclic) bond motifs is 1. The molecule has 6 heteroatoms. The van der Waals surface area contributed by atoms with Gasteiger partial charge in [0.1, 0.15) is 0 Å². The fraction of sp³-hybridized carbons (Fsp3) is 0.636. The van der Waals surface area contributed by atoms with Crippen molar-refractivity contribution in [2.45, 2.75) is 72.6 Å². The summed E-state index contributed by atoms with van der Waals surface area (Å²) >= 11 is 0. The van der Waals surface area contributed by atoms with Crippen molar-refractivity contribution in [1.82, 2.24) is 5.32 Å². The minimum Gasteiger partial charge on any atom is -0.446 e. The first kappa shape index (κ1) is 22.2. The Morgan fingerprint density at radius 3 is 2.29 bits per heavy atom. The molecule has 0 saturated heterocycles. The molecule has 156 valence electrons. The molecule has 2 amide bonds. The third-order valence-electron chi connectivity index (χ3n) is 5.43. The number of nitrogens with one attached hydrogen (secondary N) is 1. The molecule has 3 atom stereocenters. The molecule has 1 aromatic carbocycles. The third-order valence-corrected chi connectivity index (χ3v) is 5.43. The maximum Gasteiger partial charge on any atom is 0.414 e. The van der Waals surface area contributed by atoms with Gasteiger partial charge in [-0.15, -0.1) is 0 Å². The SMILES string of the molecule is CNC(C)C(c1ccc2c(c1)N(C(=O)OC(C)C)C[C@H](C)N2C(C)=O)C(C)C. The van der Waals surface area contributed by atoms with Crippen LogP contribution in [0, 0.1) is 5.92 Å². The van der Waals surface area contributed by atoms with Crippen molar-refractivity contribution in [3.8, 4) is 0 Å². The van der Waals surface area contributed by atoms with Crippen molar-refractivity contribution in [3.63, 3.8) is 0 Å². The van der Waals surface area contributed by atoms with Crippen LogP contribution in [-0.4, -0.2) is 43.8 Å². The number of carbonyl (C=O) groups excluding carboxylic acids is 2. The molecule has 2 unspecified atom stereocenters. The molecule has 6 nitrogen and oxygen atoms in total. The Hall–Kier alpha value is -2.08. The van der Waals surface area contributed by atoms with Gasteiger partial charge >= 0.3 is 6.09 Å². The first-order valence-electron chi connectivity index (χ1n) is 10.2. The van der Waals surface area contributed by atoms with Crippen LogP contribution in [-0.2, 0) is 9.53 Å². The lowest BCUT2D eigenvalue weighted by molar-refractivity contribution is -0.117. The molecule has 0 fully saturated rings. The van der Waals surface area contributed by atoms with Gasteiger partial charge in [-0.2, -0.15) is 0 Å². The van der Waals surface area contributed by atoms with E-state index in [0.29, 0.717) is 12.5 Å². The summed E-state index contributed by atoms with van der Waals surface area (Å²) in [5.74, 6) is 0.675. The molecule has 2 rings (SSSR count). The van der Waals surface area contributed by atoms with Gasteiger partial charge in [-0.3, -0.25) is 9.69 Å². The van der Waals surface area contributed by atoms with E-state index in [1.807, 2.05) is 33.9 Å². The molecule has 0 bridgehead atoms. The van der Waals surface area contributed by atoms with Crippen molar-refractivity contribution in [3.05, 3.63) is 23.8 Å². The van der Waals surface area contributed by atoms with Crippen LogP contribution < -0.4 is 15.1 Å². The third kappa shape index (κ3) is 4.49. The van der Waals surface area contributed by atoms with Crippen molar-refractivity contribution >= 4 is 23.4 Å². The Bertz CT molecular complexity index is 717. The van der Waals surface area contributed by atoms with E-state index >= 15 is 0 Å². The second-order valence-electron chi connectivity index (χ2n) is 8.38. The molecule has 0 aliphatic carbocycles. The molecule has 28 heavy (non-hydrogen) atoms. The lowest BCUT2D eigenvalue weighted by Gasteiger charge is -2.41. The zero-order valence-electron chi connectivity index (χ0n) is 18.4. The van der Waals surface area contributed by atoms with E-state index in [0.717, 1.165) is 16.9 Å². The maximum absolute atomic E-state index is 12.8. The van der Waals surface area contributed by atoms with Crippen LogP contribution in [0.2, 0.25) is 0 Å². The summed E-state index contributed by atoms with van der Waals surface area (Å²) in [6, 6.07) is 6.26. The van der Waals surface area contributed by atoms with E-state index in [1.54, 1.807) is 16.7 Å². The van der Waals surface area contributed by atoms with Crippen LogP contribution in [0.5, 0.6) is 0 Å². The Labute approximate surface area is 169 Å². The molecule has 1 aliphatic heterocycles. The summed E-state index contributed by atoms with van der Waals surface area (Å²) in [6.45, 7) is 14.2. The number of nitrogens with zero attached hydrogens (tertiary/aromatic N) is 2. The molecule has 1 aliphatic rings. The van der Waals surface area contributed by atoms with Crippen LogP contribution in [0.15, 0.2) is 18.2 Å². The van der Waals surface area contributed by atoms with Gasteiger partial charge < -0.3 is 15.0 Å². The molecule has 0 spiro atoms. The van der Waals surface area contributed by atoms with Gasteiger partial charge in [-0.05, 0) is 58.4 Å². The lowest BCUT2D eigenvalue weighted by Crippen LogP contribution is -2.51. The maximum atomic E-state index is 12.8. The van der Waals surface area contributed by atoms with Gasteiger partial charge in [0.25, 0.3) is 0 Å². The highest BCUT2D eigenvalue weighted by Gasteiger charge is 2.35. The van der Waals surface area contributed by atoms with Gasteiger partial charge in [-0.1, -0.05) is 19.9 Å². The Kier molecular flexibility index (Phi) is 7.10. The summed E-state index contributed by atoms with van der Waals surface area (Å²) in [7, 11) is 1.96. The smallest absolute Gasteiger partial charge is 0.414 e. The van der Waals surface area contributed by atoms with Crippen LogP contribution in [0.3, 0.4) is 0 Å². The van der Waals surface area contributed by atoms with Gasteiger partial charge in [0.2, 0.25) is 5.91 Å². The topological polar surface area (TPSA) is 61.9 Å². The summed E-state index contributed by atoms with van der Waals surface area (Å²) in [6.07, 6.45) is -0.570. The van der Waals surface area contributed by atoms with Crippen LogP contribution >= 0.6 is 0 Å². The van der Waals surface area contributed by atoms with E-state index in [2.05, 4.69) is 38.2 Å². The van der Waals surface area contributed by atoms with Crippen LogP contribution in [0.1, 0.15) is 59.9 Å². The fourth-order valence-electron chi connectivity index (χ4n) is 4.20. The Morgan fingerprint density at radius 2 is 1.79 bits per heavy atom. The number of hydrogen-bond acceptors (Lipinski definition) is 4. The first-order chi connectivity index (χ1) is 13.1. The second-order valence-corrected chi connectivity index (χ2v) is 8.38. The first-order valence-corrected chi connectivity index (χ1v) is 10.2. The quantitative estimate of drug-likeness (QED) is 0.822. The van der Waals surface area contributed by atoms with E-state index in [4.69, 9.17) is 4.74 Å². The average Bonchev–Trinajstić information content (AvgIpc) is 2.59. The molecule has 0 saturated carbocycles. The van der Waals surface area contributed by atoms with Gasteiger partial charge in [0.15, 0.2) is 0 Å². The van der Waals surface area contributed by atoms with E-state index in [9.17, 15) is 9.59 Å². The predicted molar refractivity (Wildman–Crippen MR) is 114 cm³/mol. The number of carbonyl (C=O) groups is 2. The number of hydrogen-bond donors (Lipinski definition) is 1. The molecule has 1 heterocycles. The number of benzene rings is 1. The summed E-state index contributed by atoms with van der Waals surface area (Å²) in [5.41, 5.74) is 2.65. The largest absolute Gasteiger partial charge is 0.446 e. The molecule has 1 N–H and O–H groups in total. The normalized spacial score (nSPS) is 18.9. The molecule has 0 aromatic heterocycles. The van der Waals surface area contributed by atoms with Crippen molar-refractivity contribution < 1.29 is 14.3 Å². The number of rotatable bonds is 5. The van der Waals surface area contributed by atoms with Crippen molar-refractivity contribution in [2.75, 3.05) is 23.4 Å². The van der Waals surface area contributed by atoms with E-state index < -0.39 is 0 Å². The number of anilines is 2. The monoisotopic (exact) mass is 389 g/mol. The van der Waals surface area contributed by atoms with Gasteiger partial charge in [0, 0.05) is 25.4 Å². The Morgan fingerprint density at radius 1 is 1.14 bits per heavy atom. The van der Waals surface area contributed by atoms with Crippen molar-refractivity contribution in [1.29, 1.82) is 0 Å². The van der Waals surface area contributed by atoms with Gasteiger partial charge in [-0.25, -0.2) is 4.79 Å². The molecular weight excluding hydrogens is 354 g/mol. The fourth-order valence-corrected chi connectivity index (χ4v) is 4.20. The minimum atomic E-state index is -0.369. The van der Waals surface area contributed by atoms with Crippen molar-refractivity contribution in [2.24, 2.45) is 5.92 Å². The molecule has 1 aromatic rings. The zero-order valence-corrected chi connectivity index (χ0v) is 18.4. The lowest BCUT2D eigenvalue weighted by atomic mass is 9.82. The predicted octanol–water partition coefficient (Wildman–Crippen LogP) is 4.14. The summed E-state index contributed by atoms with van der Waals surface area (Å²) in [5, 5.41) is 3.35. The zero-order chi connectivity index (χ0) is 21.2. The number of likely N-dealkylation sites (N-methyl/N-ethyl adjacent to an activating group) is 1. The summed E-state index contributed by atoms with van der Waals surface area (Å²) < 4.78 is 5.48. The Balaban J connectivity index is 2.58. The van der Waals surface area contributed by atoms with E-state index in [-0.39, 0.29) is 36.1 Å². The minimum absolute atomic E-state index is 0.0256. The molecular formula is C22H35N3O3. The standard InChI is InChI=1S/C22H35N3O3/c1-13(2)21(16(6)23-8)18-9-10-19-20(11-18)24(22(27)28-14(3)4)12-15(5)25(19)17(7)26/h9-11,13-16,21,23H,12H2,1-8H3/t15-,16?,21?/m0/s1. The van der Waals surface area contributed by atoms with Crippen LogP contribution in [0.4, 0.5) is 16.2 Å². The summed E-state index contributed by atoms with van der Waals surface area (Å²) in [4.78, 5) is 28.5. The average molecular weight is 390 g/mol. The van der Waals surface area contributed by atoms with Crippen LogP contribution in [0.25, 0.3) is 0 Å². The number of ether oxygens (including phenoxy) is 1. The van der Waals surface area contributed by atoms with E-state index in [1.165, 1.54) is 0 Å². The molecule has 0 radical (unpaired) electrons. The highest BCUT2D eigenvalue weighted by molar-refractivity contribution is 6.02. The highest BCUT2D eigenvalue weighted by Crippen LogP contribution is 2.40. The highest BCUT2D eigenvalue weighted by atomic mass is 16.6. The second kappa shape index (κ2) is 8.95. The van der Waals surface area contributed by atoms with Gasteiger partial charge in [0.05, 0.1) is 23.5 Å².